The van der Waals surface area contributed by atoms with Crippen molar-refractivity contribution >= 4 is 16.9 Å². The Balaban J connectivity index is 2.76. The predicted molar refractivity (Wildman–Crippen MR) is 51.2 cm³/mol. The van der Waals surface area contributed by atoms with Gasteiger partial charge in [0, 0.05) is 6.07 Å². The zero-order chi connectivity index (χ0) is 10.1. The Morgan fingerprint density at radius 3 is 3.00 bits per heavy atom. The molecule has 2 rings (SSSR count). The summed E-state index contributed by atoms with van der Waals surface area (Å²) in [7, 11) is 1.53. The van der Waals surface area contributed by atoms with Gasteiger partial charge in [0.25, 0.3) is 5.91 Å². The van der Waals surface area contributed by atoms with E-state index in [4.69, 9.17) is 10.5 Å². The number of carbonyl (C=O) groups excluding carboxylic acids is 1. The van der Waals surface area contributed by atoms with Crippen LogP contribution in [0.5, 0.6) is 5.75 Å². The SMILES string of the molecule is COc1cc(C(N)=O)c2nc[nH]c2c1. The van der Waals surface area contributed by atoms with Crippen molar-refractivity contribution in [2.45, 2.75) is 0 Å². The Morgan fingerprint density at radius 2 is 2.36 bits per heavy atom. The molecule has 0 aliphatic heterocycles. The van der Waals surface area contributed by atoms with Gasteiger partial charge in [0.2, 0.25) is 0 Å². The van der Waals surface area contributed by atoms with Gasteiger partial charge in [0.05, 0.1) is 24.5 Å². The number of fused-ring (bicyclic) bond motifs is 1. The molecule has 0 spiro atoms. The van der Waals surface area contributed by atoms with Crippen LogP contribution in [0.25, 0.3) is 11.0 Å². The molecule has 0 atom stereocenters. The van der Waals surface area contributed by atoms with Gasteiger partial charge in [-0.15, -0.1) is 0 Å². The first kappa shape index (κ1) is 8.55. The Hall–Kier alpha value is -2.04. The lowest BCUT2D eigenvalue weighted by Crippen LogP contribution is -2.11. The number of ether oxygens (including phenoxy) is 1. The number of rotatable bonds is 2. The van der Waals surface area contributed by atoms with Gasteiger partial charge < -0.3 is 15.5 Å². The summed E-state index contributed by atoms with van der Waals surface area (Å²) < 4.78 is 5.03. The number of H-pyrrole nitrogens is 1. The number of amides is 1. The first-order valence-electron chi connectivity index (χ1n) is 4.03. The van der Waals surface area contributed by atoms with E-state index in [-0.39, 0.29) is 0 Å². The minimum Gasteiger partial charge on any atom is -0.497 e. The van der Waals surface area contributed by atoms with E-state index in [1.807, 2.05) is 0 Å². The van der Waals surface area contributed by atoms with Gasteiger partial charge in [0.15, 0.2) is 0 Å². The van der Waals surface area contributed by atoms with E-state index in [2.05, 4.69) is 9.97 Å². The van der Waals surface area contributed by atoms with Crippen LogP contribution >= 0.6 is 0 Å². The lowest BCUT2D eigenvalue weighted by Gasteiger charge is -2.02. The average molecular weight is 191 g/mol. The molecule has 14 heavy (non-hydrogen) atoms. The fourth-order valence-corrected chi connectivity index (χ4v) is 1.33. The molecule has 2 aromatic rings. The number of primary amides is 1. The van der Waals surface area contributed by atoms with Crippen LogP contribution in [0, 0.1) is 0 Å². The summed E-state index contributed by atoms with van der Waals surface area (Å²) in [6.45, 7) is 0. The van der Waals surface area contributed by atoms with Crippen molar-refractivity contribution in [2.24, 2.45) is 5.73 Å². The number of methoxy groups -OCH3 is 1. The van der Waals surface area contributed by atoms with Crippen LogP contribution in [0.2, 0.25) is 0 Å². The van der Waals surface area contributed by atoms with Gasteiger partial charge in [0.1, 0.15) is 11.3 Å². The topological polar surface area (TPSA) is 81.0 Å². The second-order valence-corrected chi connectivity index (χ2v) is 2.84. The smallest absolute Gasteiger partial charge is 0.251 e. The first-order chi connectivity index (χ1) is 6.72. The monoisotopic (exact) mass is 191 g/mol. The molecule has 0 unspecified atom stereocenters. The van der Waals surface area contributed by atoms with E-state index in [0.717, 1.165) is 5.52 Å². The van der Waals surface area contributed by atoms with Crippen molar-refractivity contribution in [1.29, 1.82) is 0 Å². The third-order valence-corrected chi connectivity index (χ3v) is 2.00. The lowest BCUT2D eigenvalue weighted by atomic mass is 10.1. The number of benzene rings is 1. The molecule has 1 aromatic carbocycles. The summed E-state index contributed by atoms with van der Waals surface area (Å²) >= 11 is 0. The molecule has 1 aromatic heterocycles. The highest BCUT2D eigenvalue weighted by molar-refractivity contribution is 6.04. The zero-order valence-corrected chi connectivity index (χ0v) is 7.57. The molecule has 0 bridgehead atoms. The molecule has 0 fully saturated rings. The van der Waals surface area contributed by atoms with E-state index >= 15 is 0 Å². The number of nitrogens with two attached hydrogens (primary N) is 1. The van der Waals surface area contributed by atoms with E-state index < -0.39 is 5.91 Å². The number of aromatic nitrogens is 2. The second kappa shape index (κ2) is 3.02. The van der Waals surface area contributed by atoms with E-state index in [1.165, 1.54) is 13.4 Å². The number of nitrogens with one attached hydrogen (secondary N) is 1. The van der Waals surface area contributed by atoms with Crippen LogP contribution < -0.4 is 10.5 Å². The van der Waals surface area contributed by atoms with Gasteiger partial charge in [-0.2, -0.15) is 0 Å². The van der Waals surface area contributed by atoms with Crippen molar-refractivity contribution in [2.75, 3.05) is 7.11 Å². The van der Waals surface area contributed by atoms with Gasteiger partial charge in [-0.05, 0) is 6.07 Å². The fourth-order valence-electron chi connectivity index (χ4n) is 1.33. The summed E-state index contributed by atoms with van der Waals surface area (Å²) in [5.74, 6) is 0.0663. The number of imidazole rings is 1. The maximum absolute atomic E-state index is 11.1. The van der Waals surface area contributed by atoms with Crippen molar-refractivity contribution in [1.82, 2.24) is 9.97 Å². The van der Waals surface area contributed by atoms with Crippen LogP contribution in [0.15, 0.2) is 18.5 Å². The number of aromatic amines is 1. The third kappa shape index (κ3) is 1.19. The van der Waals surface area contributed by atoms with E-state index in [0.29, 0.717) is 16.8 Å². The largest absolute Gasteiger partial charge is 0.497 e. The van der Waals surface area contributed by atoms with Gasteiger partial charge >= 0.3 is 0 Å². The van der Waals surface area contributed by atoms with E-state index in [1.54, 1.807) is 12.1 Å². The molecule has 1 amide bonds. The molecule has 0 radical (unpaired) electrons. The van der Waals surface area contributed by atoms with E-state index in [9.17, 15) is 4.79 Å². The van der Waals surface area contributed by atoms with Crippen LogP contribution in [0.1, 0.15) is 10.4 Å². The summed E-state index contributed by atoms with van der Waals surface area (Å²) in [5.41, 5.74) is 6.88. The molecule has 0 aliphatic rings. The Labute approximate surface area is 79.9 Å². The second-order valence-electron chi connectivity index (χ2n) is 2.84. The Bertz CT molecular complexity index is 490. The molecule has 1 heterocycles. The molecule has 3 N–H and O–H groups in total. The van der Waals surface area contributed by atoms with Crippen LogP contribution in [-0.4, -0.2) is 23.0 Å². The quantitative estimate of drug-likeness (QED) is 0.732. The number of nitrogens with zero attached hydrogens (tertiary/aromatic N) is 1. The highest BCUT2D eigenvalue weighted by Crippen LogP contribution is 2.22. The molecule has 5 heteroatoms. The van der Waals surface area contributed by atoms with Crippen molar-refractivity contribution < 1.29 is 9.53 Å². The molecule has 5 nitrogen and oxygen atoms in total. The zero-order valence-electron chi connectivity index (χ0n) is 7.57. The van der Waals surface area contributed by atoms with Crippen LogP contribution in [0.4, 0.5) is 0 Å². The lowest BCUT2D eigenvalue weighted by molar-refractivity contribution is 0.100. The van der Waals surface area contributed by atoms with Crippen LogP contribution in [-0.2, 0) is 0 Å². The minimum absolute atomic E-state index is 0.362. The molecule has 0 saturated heterocycles. The summed E-state index contributed by atoms with van der Waals surface area (Å²) in [4.78, 5) is 18.0. The molecule has 72 valence electrons. The van der Waals surface area contributed by atoms with Crippen molar-refractivity contribution in [3.8, 4) is 5.75 Å². The summed E-state index contributed by atoms with van der Waals surface area (Å²) in [5, 5.41) is 0. The molecule has 0 saturated carbocycles. The molecular weight excluding hydrogens is 182 g/mol. The summed E-state index contributed by atoms with van der Waals surface area (Å²) in [6.07, 6.45) is 1.51. The van der Waals surface area contributed by atoms with Crippen LogP contribution in [0.3, 0.4) is 0 Å². The number of carbonyl (C=O) groups is 1. The average Bonchev–Trinajstić information content (AvgIpc) is 2.63. The minimum atomic E-state index is -0.513. The third-order valence-electron chi connectivity index (χ3n) is 2.00. The van der Waals surface area contributed by atoms with Gasteiger partial charge in [-0.3, -0.25) is 4.79 Å². The summed E-state index contributed by atoms with van der Waals surface area (Å²) in [6, 6.07) is 3.33. The highest BCUT2D eigenvalue weighted by Gasteiger charge is 2.10. The number of hydrogen-bond acceptors (Lipinski definition) is 3. The Kier molecular flexibility index (Phi) is 1.85. The maximum Gasteiger partial charge on any atom is 0.251 e. The maximum atomic E-state index is 11.1. The van der Waals surface area contributed by atoms with Crippen molar-refractivity contribution in [3.05, 3.63) is 24.0 Å². The Morgan fingerprint density at radius 1 is 1.57 bits per heavy atom. The molecular formula is C9H9N3O2. The van der Waals surface area contributed by atoms with Gasteiger partial charge in [-0.25, -0.2) is 4.98 Å². The highest BCUT2D eigenvalue weighted by atomic mass is 16.5. The fraction of sp³-hybridized carbons (Fsp3) is 0.111. The molecule has 0 aliphatic carbocycles. The standard InChI is InChI=1S/C9H9N3O2/c1-14-5-2-6(9(10)13)8-7(3-5)11-4-12-8/h2-4H,1H3,(H2,10,13)(H,11,12). The normalized spacial score (nSPS) is 10.4. The predicted octanol–water partition coefficient (Wildman–Crippen LogP) is 0.670. The first-order valence-corrected chi connectivity index (χ1v) is 4.03. The number of hydrogen-bond donors (Lipinski definition) is 2. The van der Waals surface area contributed by atoms with Gasteiger partial charge in [-0.1, -0.05) is 0 Å². The van der Waals surface area contributed by atoms with Crippen molar-refractivity contribution in [3.63, 3.8) is 0 Å².